The fraction of sp³-hybridized carbons (Fsp3) is 0.167. The average molecular weight is 381 g/mol. The number of hydrogen-bond acceptors (Lipinski definition) is 7. The Hall–Kier alpha value is -3.95. The van der Waals surface area contributed by atoms with Gasteiger partial charge in [-0.3, -0.25) is 9.59 Å². The van der Waals surface area contributed by atoms with Crippen LogP contribution in [-0.4, -0.2) is 46.1 Å². The Balaban J connectivity index is 1.53. The maximum absolute atomic E-state index is 12.5. The van der Waals surface area contributed by atoms with E-state index in [0.29, 0.717) is 17.1 Å². The molecule has 0 radical (unpaired) electrons. The number of carbonyl (C=O) groups is 3. The van der Waals surface area contributed by atoms with Crippen LogP contribution in [0.4, 0.5) is 5.69 Å². The predicted octanol–water partition coefficient (Wildman–Crippen LogP) is 0.777. The van der Waals surface area contributed by atoms with Crippen molar-refractivity contribution in [2.45, 2.75) is 6.54 Å². The van der Waals surface area contributed by atoms with Crippen LogP contribution in [0, 0.1) is 0 Å². The van der Waals surface area contributed by atoms with Crippen LogP contribution in [0.5, 0.6) is 5.75 Å². The predicted molar refractivity (Wildman–Crippen MR) is 96.1 cm³/mol. The number of anilines is 1. The summed E-state index contributed by atoms with van der Waals surface area (Å²) in [6.45, 7) is 0.177. The molecule has 2 amide bonds. The molecule has 0 fully saturated rings. The summed E-state index contributed by atoms with van der Waals surface area (Å²) < 4.78 is 11.3. The molecule has 10 nitrogen and oxygen atoms in total. The van der Waals surface area contributed by atoms with Gasteiger partial charge in [0.25, 0.3) is 11.8 Å². The molecule has 0 spiro atoms. The Kier molecular flexibility index (Phi) is 4.36. The quantitative estimate of drug-likeness (QED) is 0.640. The van der Waals surface area contributed by atoms with Crippen molar-refractivity contribution >= 4 is 29.1 Å². The summed E-state index contributed by atoms with van der Waals surface area (Å²) in [6.07, 6.45) is 1.47. The molecule has 4 rings (SSSR count). The Morgan fingerprint density at radius 2 is 2.18 bits per heavy atom. The molecule has 2 aromatic heterocycles. The van der Waals surface area contributed by atoms with Gasteiger partial charge in [-0.15, -0.1) is 0 Å². The Morgan fingerprint density at radius 3 is 3.00 bits per heavy atom. The van der Waals surface area contributed by atoms with E-state index in [2.05, 4.69) is 20.7 Å². The molecule has 0 saturated carbocycles. The highest BCUT2D eigenvalue weighted by atomic mass is 16.5. The van der Waals surface area contributed by atoms with E-state index in [1.54, 1.807) is 24.3 Å². The van der Waals surface area contributed by atoms with E-state index in [9.17, 15) is 14.4 Å². The van der Waals surface area contributed by atoms with Gasteiger partial charge in [0.1, 0.15) is 11.4 Å². The van der Waals surface area contributed by atoms with Crippen molar-refractivity contribution in [2.24, 2.45) is 0 Å². The standard InChI is InChI=1S/C18H15N5O5/c1-27-18(26)13-7-12(21-15-4-5-20-23(13)15)17(25)19-8-10-2-3-14-11(6-10)22-16(24)9-28-14/h2-7H,8-9H2,1H3,(H,19,25)(H,22,24). The number of nitrogens with one attached hydrogen (secondary N) is 2. The van der Waals surface area contributed by atoms with Crippen LogP contribution in [0.1, 0.15) is 26.5 Å². The summed E-state index contributed by atoms with van der Waals surface area (Å²) in [5, 5.41) is 9.45. The van der Waals surface area contributed by atoms with Crippen molar-refractivity contribution in [3.05, 3.63) is 53.5 Å². The summed E-state index contributed by atoms with van der Waals surface area (Å²) >= 11 is 0. The highest BCUT2D eigenvalue weighted by Crippen LogP contribution is 2.28. The number of rotatable bonds is 4. The second kappa shape index (κ2) is 6.99. The molecule has 0 aliphatic carbocycles. The first kappa shape index (κ1) is 17.5. The molecule has 3 aromatic rings. The van der Waals surface area contributed by atoms with E-state index in [1.807, 2.05) is 0 Å². The van der Waals surface area contributed by atoms with Gasteiger partial charge >= 0.3 is 5.97 Å². The van der Waals surface area contributed by atoms with Crippen molar-refractivity contribution in [1.29, 1.82) is 0 Å². The number of methoxy groups -OCH3 is 1. The van der Waals surface area contributed by atoms with E-state index in [0.717, 1.165) is 5.56 Å². The zero-order chi connectivity index (χ0) is 19.7. The smallest absolute Gasteiger partial charge is 0.356 e. The molecule has 0 unspecified atom stereocenters. The summed E-state index contributed by atoms with van der Waals surface area (Å²) in [5.74, 6) is -0.755. The minimum Gasteiger partial charge on any atom is -0.482 e. The number of aromatic nitrogens is 3. The van der Waals surface area contributed by atoms with Gasteiger partial charge in [0.2, 0.25) is 0 Å². The molecule has 28 heavy (non-hydrogen) atoms. The Bertz CT molecular complexity index is 1110. The molecular weight excluding hydrogens is 366 g/mol. The normalized spacial score (nSPS) is 12.7. The molecule has 10 heteroatoms. The monoisotopic (exact) mass is 381 g/mol. The Morgan fingerprint density at radius 1 is 1.32 bits per heavy atom. The van der Waals surface area contributed by atoms with Gasteiger partial charge in [0.05, 0.1) is 19.0 Å². The first-order valence-corrected chi connectivity index (χ1v) is 8.32. The number of carbonyl (C=O) groups excluding carboxylic acids is 3. The zero-order valence-corrected chi connectivity index (χ0v) is 14.8. The molecule has 0 saturated heterocycles. The lowest BCUT2D eigenvalue weighted by Gasteiger charge is -2.18. The molecule has 1 aliphatic rings. The fourth-order valence-electron chi connectivity index (χ4n) is 2.79. The van der Waals surface area contributed by atoms with Crippen LogP contribution in [0.25, 0.3) is 5.65 Å². The molecule has 1 aromatic carbocycles. The van der Waals surface area contributed by atoms with E-state index in [4.69, 9.17) is 9.47 Å². The zero-order valence-electron chi connectivity index (χ0n) is 14.8. The lowest BCUT2D eigenvalue weighted by Crippen LogP contribution is -2.27. The lowest BCUT2D eigenvalue weighted by atomic mass is 10.1. The van der Waals surface area contributed by atoms with Crippen LogP contribution in [0.2, 0.25) is 0 Å². The highest BCUT2D eigenvalue weighted by molar-refractivity contribution is 5.97. The molecule has 0 bridgehead atoms. The van der Waals surface area contributed by atoms with E-state index in [-0.39, 0.29) is 30.4 Å². The molecule has 1 aliphatic heterocycles. The number of hydrogen-bond donors (Lipinski definition) is 2. The second-order valence-corrected chi connectivity index (χ2v) is 5.97. The van der Waals surface area contributed by atoms with Gasteiger partial charge in [0, 0.05) is 18.7 Å². The molecule has 0 atom stereocenters. The van der Waals surface area contributed by atoms with E-state index in [1.165, 1.54) is 23.9 Å². The molecular formula is C18H15N5O5. The number of amides is 2. The van der Waals surface area contributed by atoms with Crippen LogP contribution in [0.15, 0.2) is 36.5 Å². The van der Waals surface area contributed by atoms with Gasteiger partial charge in [-0.05, 0) is 17.7 Å². The first-order valence-electron chi connectivity index (χ1n) is 8.32. The first-order chi connectivity index (χ1) is 13.5. The van der Waals surface area contributed by atoms with Crippen molar-refractivity contribution < 1.29 is 23.9 Å². The third-order valence-electron chi connectivity index (χ3n) is 4.12. The number of benzene rings is 1. The minimum atomic E-state index is -0.629. The molecule has 2 N–H and O–H groups in total. The van der Waals surface area contributed by atoms with Gasteiger partial charge in [-0.1, -0.05) is 6.07 Å². The van der Waals surface area contributed by atoms with Gasteiger partial charge in [0.15, 0.2) is 17.9 Å². The van der Waals surface area contributed by atoms with E-state index >= 15 is 0 Å². The molecule has 3 heterocycles. The van der Waals surface area contributed by atoms with Crippen LogP contribution < -0.4 is 15.4 Å². The third-order valence-corrected chi connectivity index (χ3v) is 4.12. The maximum Gasteiger partial charge on any atom is 0.356 e. The largest absolute Gasteiger partial charge is 0.482 e. The van der Waals surface area contributed by atoms with Crippen molar-refractivity contribution in [3.63, 3.8) is 0 Å². The highest BCUT2D eigenvalue weighted by Gasteiger charge is 2.19. The minimum absolute atomic E-state index is 0.0195. The summed E-state index contributed by atoms with van der Waals surface area (Å²) in [7, 11) is 1.25. The van der Waals surface area contributed by atoms with E-state index < -0.39 is 11.9 Å². The number of esters is 1. The maximum atomic E-state index is 12.5. The molecule has 142 valence electrons. The summed E-state index contributed by atoms with van der Waals surface area (Å²) in [5.41, 5.74) is 1.81. The fourth-order valence-corrected chi connectivity index (χ4v) is 2.79. The summed E-state index contributed by atoms with van der Waals surface area (Å²) in [4.78, 5) is 40.1. The third kappa shape index (κ3) is 3.22. The Labute approximate surface area is 158 Å². The van der Waals surface area contributed by atoms with Gasteiger partial charge in [-0.2, -0.15) is 5.10 Å². The number of nitrogens with zero attached hydrogens (tertiary/aromatic N) is 3. The second-order valence-electron chi connectivity index (χ2n) is 5.97. The average Bonchev–Trinajstić information content (AvgIpc) is 3.19. The van der Waals surface area contributed by atoms with Gasteiger partial charge < -0.3 is 20.1 Å². The number of fused-ring (bicyclic) bond motifs is 2. The summed E-state index contributed by atoms with van der Waals surface area (Å²) in [6, 6.07) is 8.13. The van der Waals surface area contributed by atoms with Crippen molar-refractivity contribution in [2.75, 3.05) is 19.0 Å². The van der Waals surface area contributed by atoms with Crippen LogP contribution in [-0.2, 0) is 16.1 Å². The van der Waals surface area contributed by atoms with Crippen LogP contribution >= 0.6 is 0 Å². The number of ether oxygens (including phenoxy) is 2. The lowest BCUT2D eigenvalue weighted by molar-refractivity contribution is -0.118. The van der Waals surface area contributed by atoms with Crippen molar-refractivity contribution in [3.8, 4) is 5.75 Å². The SMILES string of the molecule is COC(=O)c1cc(C(=O)NCc2ccc3c(c2)NC(=O)CO3)nc2ccnn12. The topological polar surface area (TPSA) is 124 Å². The van der Waals surface area contributed by atoms with Crippen LogP contribution in [0.3, 0.4) is 0 Å². The van der Waals surface area contributed by atoms with Gasteiger partial charge in [-0.25, -0.2) is 14.3 Å². The van der Waals surface area contributed by atoms with Crippen molar-refractivity contribution in [1.82, 2.24) is 19.9 Å².